The monoisotopic (exact) mass is 285 g/mol. The maximum Gasteiger partial charge on any atom is 0.326 e. The Labute approximate surface area is 118 Å². The number of likely N-dealkylation sites (tertiary alicyclic amines) is 1. The van der Waals surface area contributed by atoms with E-state index in [9.17, 15) is 14.4 Å². The van der Waals surface area contributed by atoms with Crippen molar-refractivity contribution in [2.75, 3.05) is 13.1 Å². The summed E-state index contributed by atoms with van der Waals surface area (Å²) in [4.78, 5) is 36.2. The van der Waals surface area contributed by atoms with Crippen LogP contribution in [0.1, 0.15) is 33.6 Å². The first kappa shape index (κ1) is 16.3. The van der Waals surface area contributed by atoms with Gasteiger partial charge in [0.1, 0.15) is 12.1 Å². The van der Waals surface area contributed by atoms with Crippen molar-refractivity contribution < 1.29 is 19.5 Å². The van der Waals surface area contributed by atoms with Crippen molar-refractivity contribution in [3.63, 3.8) is 0 Å². The number of urea groups is 1. The van der Waals surface area contributed by atoms with Crippen molar-refractivity contribution in [2.45, 2.75) is 45.7 Å². The van der Waals surface area contributed by atoms with E-state index >= 15 is 0 Å². The van der Waals surface area contributed by atoms with Gasteiger partial charge in [-0.1, -0.05) is 13.8 Å². The number of nitrogens with zero attached hydrogens (tertiary/aromatic N) is 1. The molecule has 1 rings (SSSR count). The molecule has 0 bridgehead atoms. The van der Waals surface area contributed by atoms with Gasteiger partial charge in [0.2, 0.25) is 5.91 Å². The fourth-order valence-corrected chi connectivity index (χ4v) is 2.29. The Bertz CT molecular complexity index is 386. The molecular weight excluding hydrogens is 262 g/mol. The molecule has 3 unspecified atom stereocenters. The number of hydrogen-bond acceptors (Lipinski definition) is 3. The first-order chi connectivity index (χ1) is 9.38. The van der Waals surface area contributed by atoms with E-state index in [4.69, 9.17) is 5.11 Å². The highest BCUT2D eigenvalue weighted by molar-refractivity contribution is 5.88. The molecule has 0 spiro atoms. The number of carbonyl (C=O) groups excluding carboxylic acids is 2. The van der Waals surface area contributed by atoms with Crippen LogP contribution in [-0.2, 0) is 9.59 Å². The summed E-state index contributed by atoms with van der Waals surface area (Å²) in [5.74, 6) is -1.35. The smallest absolute Gasteiger partial charge is 0.326 e. The van der Waals surface area contributed by atoms with E-state index < -0.39 is 24.1 Å². The molecule has 0 aromatic rings. The maximum absolute atomic E-state index is 12.1. The van der Waals surface area contributed by atoms with Gasteiger partial charge in [0.15, 0.2) is 0 Å². The van der Waals surface area contributed by atoms with E-state index in [2.05, 4.69) is 10.6 Å². The fourth-order valence-electron chi connectivity index (χ4n) is 2.29. The second-order valence-electron chi connectivity index (χ2n) is 5.20. The van der Waals surface area contributed by atoms with E-state index in [1.54, 1.807) is 6.92 Å². The normalized spacial score (nSPS) is 23.2. The molecule has 7 nitrogen and oxygen atoms in total. The topological polar surface area (TPSA) is 98.7 Å². The first-order valence-corrected chi connectivity index (χ1v) is 6.96. The van der Waals surface area contributed by atoms with Crippen molar-refractivity contribution in [1.82, 2.24) is 15.5 Å². The van der Waals surface area contributed by atoms with E-state index in [-0.39, 0.29) is 11.8 Å². The lowest BCUT2D eigenvalue weighted by Gasteiger charge is -2.25. The van der Waals surface area contributed by atoms with Gasteiger partial charge >= 0.3 is 12.0 Å². The molecule has 1 saturated heterocycles. The minimum Gasteiger partial charge on any atom is -0.480 e. The van der Waals surface area contributed by atoms with Crippen molar-refractivity contribution >= 4 is 17.9 Å². The van der Waals surface area contributed by atoms with Gasteiger partial charge < -0.3 is 20.6 Å². The number of amides is 3. The Morgan fingerprint density at radius 1 is 1.40 bits per heavy atom. The fraction of sp³-hybridized carbons (Fsp3) is 0.769. The molecule has 1 aliphatic rings. The van der Waals surface area contributed by atoms with Crippen LogP contribution in [0.4, 0.5) is 4.79 Å². The highest BCUT2D eigenvalue weighted by Crippen LogP contribution is 2.24. The predicted octanol–water partition coefficient (Wildman–Crippen LogP) is 0.406. The van der Waals surface area contributed by atoms with Crippen molar-refractivity contribution in [3.8, 4) is 0 Å². The summed E-state index contributed by atoms with van der Waals surface area (Å²) in [6.45, 7) is 6.28. The Kier molecular flexibility index (Phi) is 5.79. The second-order valence-corrected chi connectivity index (χ2v) is 5.20. The van der Waals surface area contributed by atoms with E-state index in [1.807, 2.05) is 13.8 Å². The van der Waals surface area contributed by atoms with Crippen LogP contribution in [-0.4, -0.2) is 53.1 Å². The molecule has 0 radical (unpaired) electrons. The zero-order valence-electron chi connectivity index (χ0n) is 12.2. The molecule has 114 valence electrons. The van der Waals surface area contributed by atoms with E-state index in [0.29, 0.717) is 19.5 Å². The number of carboxylic acid groups (broad SMARTS) is 1. The average molecular weight is 285 g/mol. The summed E-state index contributed by atoms with van der Waals surface area (Å²) in [5.41, 5.74) is 0. The Morgan fingerprint density at radius 3 is 2.60 bits per heavy atom. The van der Waals surface area contributed by atoms with Crippen LogP contribution in [0.25, 0.3) is 0 Å². The Balaban J connectivity index is 2.57. The number of aliphatic carboxylic acids is 1. The Morgan fingerprint density at radius 2 is 2.05 bits per heavy atom. The lowest BCUT2D eigenvalue weighted by Crippen LogP contribution is -2.53. The van der Waals surface area contributed by atoms with E-state index in [0.717, 1.165) is 6.42 Å². The van der Waals surface area contributed by atoms with Gasteiger partial charge in [0.05, 0.1) is 0 Å². The maximum atomic E-state index is 12.1. The standard InChI is InChI=1S/C13H23N3O4/c1-4-6-14-11(17)9(3)15-13(20)16-7-5-8(2)10(16)12(18)19/h8-10H,4-7H2,1-3H3,(H,14,17)(H,15,20)(H,18,19). The summed E-state index contributed by atoms with van der Waals surface area (Å²) in [6, 6.07) is -2.00. The van der Waals surface area contributed by atoms with Gasteiger partial charge in [-0.05, 0) is 25.7 Å². The molecule has 1 heterocycles. The van der Waals surface area contributed by atoms with Crippen LogP contribution in [0.15, 0.2) is 0 Å². The highest BCUT2D eigenvalue weighted by atomic mass is 16.4. The largest absolute Gasteiger partial charge is 0.480 e. The van der Waals surface area contributed by atoms with Gasteiger partial charge in [-0.25, -0.2) is 9.59 Å². The van der Waals surface area contributed by atoms with Crippen molar-refractivity contribution in [3.05, 3.63) is 0 Å². The van der Waals surface area contributed by atoms with Crippen LogP contribution in [0.5, 0.6) is 0 Å². The zero-order valence-corrected chi connectivity index (χ0v) is 12.2. The minimum atomic E-state index is -1.01. The molecule has 1 fully saturated rings. The summed E-state index contributed by atoms with van der Waals surface area (Å²) in [6.07, 6.45) is 1.47. The van der Waals surface area contributed by atoms with Gasteiger partial charge in [0.25, 0.3) is 0 Å². The third-order valence-corrected chi connectivity index (χ3v) is 3.50. The first-order valence-electron chi connectivity index (χ1n) is 6.96. The SMILES string of the molecule is CCCNC(=O)C(C)NC(=O)N1CCC(C)C1C(=O)O. The minimum absolute atomic E-state index is 0.0810. The molecule has 0 aromatic heterocycles. The molecule has 3 atom stereocenters. The summed E-state index contributed by atoms with van der Waals surface area (Å²) in [5, 5.41) is 14.4. The van der Waals surface area contributed by atoms with Gasteiger partial charge in [-0.3, -0.25) is 4.79 Å². The number of carbonyl (C=O) groups is 3. The lowest BCUT2D eigenvalue weighted by atomic mass is 10.0. The predicted molar refractivity (Wildman–Crippen MR) is 73.2 cm³/mol. The van der Waals surface area contributed by atoms with Crippen molar-refractivity contribution in [1.29, 1.82) is 0 Å². The molecular formula is C13H23N3O4. The Hall–Kier alpha value is -1.79. The molecule has 3 N–H and O–H groups in total. The van der Waals surface area contributed by atoms with Gasteiger partial charge in [-0.2, -0.15) is 0 Å². The second kappa shape index (κ2) is 7.12. The summed E-state index contributed by atoms with van der Waals surface area (Å²) in [7, 11) is 0. The zero-order chi connectivity index (χ0) is 15.3. The molecule has 0 aromatic carbocycles. The van der Waals surface area contributed by atoms with Crippen LogP contribution in [0.2, 0.25) is 0 Å². The highest BCUT2D eigenvalue weighted by Gasteiger charge is 2.40. The van der Waals surface area contributed by atoms with Crippen LogP contribution in [0, 0.1) is 5.92 Å². The summed E-state index contributed by atoms with van der Waals surface area (Å²) >= 11 is 0. The van der Waals surface area contributed by atoms with Gasteiger partial charge in [-0.15, -0.1) is 0 Å². The van der Waals surface area contributed by atoms with Crippen LogP contribution >= 0.6 is 0 Å². The van der Waals surface area contributed by atoms with Crippen LogP contribution < -0.4 is 10.6 Å². The molecule has 7 heteroatoms. The third kappa shape index (κ3) is 3.85. The third-order valence-electron chi connectivity index (χ3n) is 3.50. The molecule has 1 aliphatic heterocycles. The molecule has 0 aliphatic carbocycles. The summed E-state index contributed by atoms with van der Waals surface area (Å²) < 4.78 is 0. The van der Waals surface area contributed by atoms with Crippen LogP contribution in [0.3, 0.4) is 0 Å². The number of carboxylic acids is 1. The molecule has 3 amide bonds. The quantitative estimate of drug-likeness (QED) is 0.681. The average Bonchev–Trinajstić information content (AvgIpc) is 2.77. The lowest BCUT2D eigenvalue weighted by molar-refractivity contribution is -0.142. The van der Waals surface area contributed by atoms with Crippen molar-refractivity contribution in [2.24, 2.45) is 5.92 Å². The number of hydrogen-bond donors (Lipinski definition) is 3. The number of rotatable bonds is 5. The van der Waals surface area contributed by atoms with E-state index in [1.165, 1.54) is 4.90 Å². The molecule has 20 heavy (non-hydrogen) atoms. The molecule has 0 saturated carbocycles. The van der Waals surface area contributed by atoms with Gasteiger partial charge in [0, 0.05) is 13.1 Å². The number of nitrogens with one attached hydrogen (secondary N) is 2.